The zero-order valence-corrected chi connectivity index (χ0v) is 14.6. The summed E-state index contributed by atoms with van der Waals surface area (Å²) in [4.78, 5) is 2.47. The Morgan fingerprint density at radius 2 is 2.00 bits per heavy atom. The van der Waals surface area contributed by atoms with Gasteiger partial charge in [-0.15, -0.1) is 0 Å². The second-order valence-electron chi connectivity index (χ2n) is 6.04. The summed E-state index contributed by atoms with van der Waals surface area (Å²) >= 11 is 1.95. The SMILES string of the molecule is CN(C)S(=O)(=O)c1ccc(N2CCSC(C)(C)C2)c(N)c1. The van der Waals surface area contributed by atoms with E-state index in [0.717, 1.165) is 24.5 Å². The molecule has 0 aliphatic carbocycles. The fourth-order valence-electron chi connectivity index (χ4n) is 2.41. The largest absolute Gasteiger partial charge is 0.397 e. The standard InChI is InChI=1S/C14H23N3O2S2/c1-14(2)10-17(7-8-20-14)13-6-5-11(9-12(13)15)21(18,19)16(3)4/h5-6,9H,7-8,10,15H2,1-4H3. The molecule has 5 nitrogen and oxygen atoms in total. The summed E-state index contributed by atoms with van der Waals surface area (Å²) in [5.74, 6) is 1.05. The van der Waals surface area contributed by atoms with E-state index in [4.69, 9.17) is 5.73 Å². The molecule has 1 aromatic carbocycles. The van der Waals surface area contributed by atoms with Crippen molar-refractivity contribution in [2.24, 2.45) is 0 Å². The van der Waals surface area contributed by atoms with E-state index < -0.39 is 10.0 Å². The fourth-order valence-corrected chi connectivity index (χ4v) is 4.46. The van der Waals surface area contributed by atoms with E-state index in [-0.39, 0.29) is 9.64 Å². The molecule has 2 rings (SSSR count). The average molecular weight is 329 g/mol. The molecule has 7 heteroatoms. The Bertz CT molecular complexity index is 627. The van der Waals surface area contributed by atoms with Gasteiger partial charge in [-0.3, -0.25) is 0 Å². The molecule has 1 heterocycles. The summed E-state index contributed by atoms with van der Waals surface area (Å²) < 4.78 is 25.6. The van der Waals surface area contributed by atoms with Gasteiger partial charge in [-0.1, -0.05) is 0 Å². The highest BCUT2D eigenvalue weighted by Gasteiger charge is 2.28. The van der Waals surface area contributed by atoms with Crippen LogP contribution in [0, 0.1) is 0 Å². The molecule has 1 fully saturated rings. The van der Waals surface area contributed by atoms with Crippen LogP contribution >= 0.6 is 11.8 Å². The van der Waals surface area contributed by atoms with Crippen molar-refractivity contribution in [3.63, 3.8) is 0 Å². The molecule has 1 saturated heterocycles. The molecule has 2 N–H and O–H groups in total. The first-order valence-electron chi connectivity index (χ1n) is 6.84. The van der Waals surface area contributed by atoms with E-state index >= 15 is 0 Å². The lowest BCUT2D eigenvalue weighted by molar-refractivity contribution is 0.521. The second kappa shape index (κ2) is 5.70. The lowest BCUT2D eigenvalue weighted by Gasteiger charge is -2.39. The van der Waals surface area contributed by atoms with Crippen LogP contribution in [0.15, 0.2) is 23.1 Å². The molecule has 0 unspecified atom stereocenters. The van der Waals surface area contributed by atoms with Crippen LogP contribution in [0.1, 0.15) is 13.8 Å². The van der Waals surface area contributed by atoms with Gasteiger partial charge in [0.1, 0.15) is 0 Å². The smallest absolute Gasteiger partial charge is 0.242 e. The van der Waals surface area contributed by atoms with Gasteiger partial charge in [-0.25, -0.2) is 12.7 Å². The van der Waals surface area contributed by atoms with Crippen LogP contribution < -0.4 is 10.6 Å². The average Bonchev–Trinajstić information content (AvgIpc) is 2.37. The highest BCUT2D eigenvalue weighted by atomic mass is 32.2. The number of nitrogens with two attached hydrogens (primary N) is 1. The first-order chi connectivity index (χ1) is 9.63. The number of sulfonamides is 1. The van der Waals surface area contributed by atoms with Crippen molar-refractivity contribution in [2.75, 3.05) is 43.6 Å². The molecule has 0 bridgehead atoms. The molecule has 1 aliphatic heterocycles. The van der Waals surface area contributed by atoms with E-state index in [0.29, 0.717) is 5.69 Å². The molecule has 21 heavy (non-hydrogen) atoms. The predicted molar refractivity (Wildman–Crippen MR) is 90.5 cm³/mol. The minimum atomic E-state index is -3.44. The Balaban J connectivity index is 2.32. The maximum absolute atomic E-state index is 12.1. The van der Waals surface area contributed by atoms with Crippen molar-refractivity contribution >= 4 is 33.2 Å². The lowest BCUT2D eigenvalue weighted by atomic mass is 10.1. The molecule has 0 aromatic heterocycles. The number of hydrogen-bond acceptors (Lipinski definition) is 5. The Morgan fingerprint density at radius 3 is 2.52 bits per heavy atom. The number of nitrogens with zero attached hydrogens (tertiary/aromatic N) is 2. The summed E-state index contributed by atoms with van der Waals surface area (Å²) in [6.45, 7) is 6.26. The first kappa shape index (κ1) is 16.5. The van der Waals surface area contributed by atoms with Crippen molar-refractivity contribution < 1.29 is 8.42 Å². The second-order valence-corrected chi connectivity index (χ2v) is 9.99. The van der Waals surface area contributed by atoms with Crippen molar-refractivity contribution in [3.8, 4) is 0 Å². The Kier molecular flexibility index (Phi) is 4.46. The molecule has 1 aromatic rings. The Labute approximate surface area is 131 Å². The highest BCUT2D eigenvalue weighted by Crippen LogP contribution is 2.35. The highest BCUT2D eigenvalue weighted by molar-refractivity contribution is 8.00. The topological polar surface area (TPSA) is 66.6 Å². The monoisotopic (exact) mass is 329 g/mol. The first-order valence-corrected chi connectivity index (χ1v) is 9.27. The van der Waals surface area contributed by atoms with Crippen LogP contribution in [0.4, 0.5) is 11.4 Å². The van der Waals surface area contributed by atoms with Crippen LogP contribution in [0.2, 0.25) is 0 Å². The van der Waals surface area contributed by atoms with Crippen molar-refractivity contribution in [3.05, 3.63) is 18.2 Å². The van der Waals surface area contributed by atoms with Gasteiger partial charge in [-0.05, 0) is 32.0 Å². The molecule has 0 saturated carbocycles. The number of thioether (sulfide) groups is 1. The summed E-state index contributed by atoms with van der Waals surface area (Å²) in [5.41, 5.74) is 7.54. The fraction of sp³-hybridized carbons (Fsp3) is 0.571. The molecular weight excluding hydrogens is 306 g/mol. The van der Waals surface area contributed by atoms with Crippen molar-refractivity contribution in [2.45, 2.75) is 23.5 Å². The molecule has 0 amide bonds. The number of rotatable bonds is 3. The van der Waals surface area contributed by atoms with Crippen LogP contribution in [0.5, 0.6) is 0 Å². The minimum Gasteiger partial charge on any atom is -0.397 e. The van der Waals surface area contributed by atoms with Crippen molar-refractivity contribution in [1.29, 1.82) is 0 Å². The molecule has 0 spiro atoms. The van der Waals surface area contributed by atoms with E-state index in [2.05, 4.69) is 18.7 Å². The predicted octanol–water partition coefficient (Wildman–Crippen LogP) is 1.85. The summed E-state index contributed by atoms with van der Waals surface area (Å²) in [6.07, 6.45) is 0. The lowest BCUT2D eigenvalue weighted by Crippen LogP contribution is -2.43. The van der Waals surface area contributed by atoms with Gasteiger partial charge < -0.3 is 10.6 Å². The van der Waals surface area contributed by atoms with Gasteiger partial charge >= 0.3 is 0 Å². The third-order valence-electron chi connectivity index (χ3n) is 3.54. The summed E-state index contributed by atoms with van der Waals surface area (Å²) in [7, 11) is -0.404. The van der Waals surface area contributed by atoms with Crippen LogP contribution in [-0.2, 0) is 10.0 Å². The quantitative estimate of drug-likeness (QED) is 0.857. The van der Waals surface area contributed by atoms with E-state index in [1.54, 1.807) is 12.1 Å². The van der Waals surface area contributed by atoms with Crippen LogP contribution in [0.3, 0.4) is 0 Å². The van der Waals surface area contributed by atoms with Crippen LogP contribution in [0.25, 0.3) is 0 Å². The van der Waals surface area contributed by atoms with Gasteiger partial charge in [0.25, 0.3) is 0 Å². The van der Waals surface area contributed by atoms with Gasteiger partial charge in [0.05, 0.1) is 16.3 Å². The number of benzene rings is 1. The van der Waals surface area contributed by atoms with Crippen molar-refractivity contribution in [1.82, 2.24) is 4.31 Å². The molecular formula is C14H23N3O2S2. The van der Waals surface area contributed by atoms with Crippen LogP contribution in [-0.4, -0.2) is 50.4 Å². The third kappa shape index (κ3) is 3.46. The minimum absolute atomic E-state index is 0.180. The molecule has 118 valence electrons. The Hall–Kier alpha value is -0.920. The molecule has 1 aliphatic rings. The van der Waals surface area contributed by atoms with E-state index in [1.807, 2.05) is 17.8 Å². The van der Waals surface area contributed by atoms with E-state index in [9.17, 15) is 8.42 Å². The summed E-state index contributed by atoms with van der Waals surface area (Å²) in [5, 5.41) is 0. The van der Waals surface area contributed by atoms with Gasteiger partial charge in [0.2, 0.25) is 10.0 Å². The number of hydrogen-bond donors (Lipinski definition) is 1. The number of nitrogen functional groups attached to an aromatic ring is 1. The Morgan fingerprint density at radius 1 is 1.33 bits per heavy atom. The zero-order valence-electron chi connectivity index (χ0n) is 13.0. The van der Waals surface area contributed by atoms with Gasteiger partial charge in [0, 0.05) is 37.7 Å². The summed E-state index contributed by atoms with van der Waals surface area (Å²) in [6, 6.07) is 5.01. The van der Waals surface area contributed by atoms with Gasteiger partial charge in [-0.2, -0.15) is 11.8 Å². The third-order valence-corrected chi connectivity index (χ3v) is 6.65. The molecule has 0 atom stereocenters. The maximum atomic E-state index is 12.1. The maximum Gasteiger partial charge on any atom is 0.242 e. The normalized spacial score (nSPS) is 19.0. The molecule has 0 radical (unpaired) electrons. The zero-order chi connectivity index (χ0) is 15.8. The number of anilines is 2. The van der Waals surface area contributed by atoms with E-state index in [1.165, 1.54) is 18.4 Å². The van der Waals surface area contributed by atoms with Gasteiger partial charge in [0.15, 0.2) is 0 Å².